The molecule has 1 aromatic heterocycles. The van der Waals surface area contributed by atoms with Crippen molar-refractivity contribution in [2.45, 2.75) is 70.7 Å². The topological polar surface area (TPSA) is 82.9 Å². The van der Waals surface area contributed by atoms with Crippen LogP contribution in [0.25, 0.3) is 21.2 Å². The number of benzene rings is 3. The van der Waals surface area contributed by atoms with E-state index in [4.69, 9.17) is 21.1 Å². The molecule has 4 aromatic rings. The van der Waals surface area contributed by atoms with E-state index in [-0.39, 0.29) is 38.6 Å². The minimum Gasteiger partial charge on any atom is -0.496 e. The summed E-state index contributed by atoms with van der Waals surface area (Å²) in [5.41, 5.74) is 2.39. The number of carbonyl (C=O) groups excluding carboxylic acids is 2. The molecule has 0 atom stereocenters. The van der Waals surface area contributed by atoms with Crippen molar-refractivity contribution in [3.63, 3.8) is 0 Å². The average molecular weight is 680 g/mol. The van der Waals surface area contributed by atoms with Crippen molar-refractivity contribution < 1.29 is 27.8 Å². The SMILES string of the molecule is COc1ccc(-c2ccc(C#N)cc2)cc1CN(C(=O)c1sc2c(F)ccc(F)c2c1Cl)C1CCC(N(C)C(=O)OC(C)(C)C)CC1. The zero-order valence-corrected chi connectivity index (χ0v) is 28.5. The van der Waals surface area contributed by atoms with Gasteiger partial charge in [-0.1, -0.05) is 29.8 Å². The molecule has 5 rings (SSSR count). The summed E-state index contributed by atoms with van der Waals surface area (Å²) < 4.78 is 40.8. The van der Waals surface area contributed by atoms with E-state index >= 15 is 0 Å². The van der Waals surface area contributed by atoms with E-state index in [1.807, 2.05) is 51.1 Å². The fraction of sp³-hybridized carbons (Fsp3) is 0.361. The minimum absolute atomic E-state index is 0.0126. The number of hydrogen-bond donors (Lipinski definition) is 0. The molecule has 3 aromatic carbocycles. The Morgan fingerprint density at radius 1 is 0.979 bits per heavy atom. The third kappa shape index (κ3) is 7.37. The van der Waals surface area contributed by atoms with Gasteiger partial charge in [0.2, 0.25) is 0 Å². The van der Waals surface area contributed by atoms with Crippen LogP contribution in [0.4, 0.5) is 13.6 Å². The number of halogens is 3. The summed E-state index contributed by atoms with van der Waals surface area (Å²) in [4.78, 5) is 30.6. The zero-order valence-electron chi connectivity index (χ0n) is 26.9. The number of hydrogen-bond acceptors (Lipinski definition) is 6. The highest BCUT2D eigenvalue weighted by atomic mass is 35.5. The summed E-state index contributed by atoms with van der Waals surface area (Å²) in [7, 11) is 3.28. The van der Waals surface area contributed by atoms with Crippen molar-refractivity contribution in [1.29, 1.82) is 5.26 Å². The first-order valence-electron chi connectivity index (χ1n) is 15.3. The number of carbonyl (C=O) groups is 2. The molecule has 0 radical (unpaired) electrons. The van der Waals surface area contributed by atoms with Crippen LogP contribution in [0.15, 0.2) is 54.6 Å². The van der Waals surface area contributed by atoms with Gasteiger partial charge >= 0.3 is 6.09 Å². The van der Waals surface area contributed by atoms with Crippen LogP contribution in [0.3, 0.4) is 0 Å². The monoisotopic (exact) mass is 679 g/mol. The van der Waals surface area contributed by atoms with Gasteiger partial charge in [0.15, 0.2) is 0 Å². The summed E-state index contributed by atoms with van der Waals surface area (Å²) in [5, 5.41) is 8.99. The molecule has 11 heteroatoms. The first-order chi connectivity index (χ1) is 22.3. The van der Waals surface area contributed by atoms with Gasteiger partial charge in [-0.05, 0) is 94.0 Å². The van der Waals surface area contributed by atoms with Crippen molar-refractivity contribution in [1.82, 2.24) is 9.80 Å². The molecule has 1 heterocycles. The van der Waals surface area contributed by atoms with Crippen LogP contribution in [-0.4, -0.2) is 53.6 Å². The van der Waals surface area contributed by atoms with Gasteiger partial charge in [-0.25, -0.2) is 13.6 Å². The van der Waals surface area contributed by atoms with E-state index in [0.717, 1.165) is 40.2 Å². The number of nitrogens with zero attached hydrogens (tertiary/aromatic N) is 3. The van der Waals surface area contributed by atoms with Crippen molar-refractivity contribution in [3.8, 4) is 22.9 Å². The second-order valence-electron chi connectivity index (χ2n) is 12.7. The summed E-state index contributed by atoms with van der Waals surface area (Å²) in [6, 6.07) is 16.7. The Labute approximate surface area is 282 Å². The standard InChI is InChI=1S/C36H36ClF2N3O4S/c1-36(2,3)46-35(44)41(4)25-11-13-26(14-12-25)42(34(43)33-31(37)30-27(38)15-16-28(39)32(30)47-33)20-24-18-23(10-17-29(24)45-5)22-8-6-21(19-40)7-9-22/h6-10,15-18,25-26H,11-14,20H2,1-5H3. The average Bonchev–Trinajstić information content (AvgIpc) is 3.42. The van der Waals surface area contributed by atoms with Crippen LogP contribution < -0.4 is 4.74 Å². The van der Waals surface area contributed by atoms with E-state index in [0.29, 0.717) is 37.0 Å². The zero-order chi connectivity index (χ0) is 34.0. The highest BCUT2D eigenvalue weighted by molar-refractivity contribution is 7.21. The van der Waals surface area contributed by atoms with Crippen LogP contribution in [0.5, 0.6) is 5.75 Å². The van der Waals surface area contributed by atoms with E-state index in [9.17, 15) is 23.6 Å². The van der Waals surface area contributed by atoms with Crippen LogP contribution in [0.1, 0.15) is 67.3 Å². The van der Waals surface area contributed by atoms with E-state index in [1.54, 1.807) is 36.1 Å². The Morgan fingerprint density at radius 3 is 2.19 bits per heavy atom. The molecule has 47 heavy (non-hydrogen) atoms. The van der Waals surface area contributed by atoms with Gasteiger partial charge in [0, 0.05) is 31.2 Å². The highest BCUT2D eigenvalue weighted by Gasteiger charge is 2.35. The summed E-state index contributed by atoms with van der Waals surface area (Å²) in [6.07, 6.45) is 1.99. The summed E-state index contributed by atoms with van der Waals surface area (Å²) in [5.74, 6) is -1.22. The third-order valence-corrected chi connectivity index (χ3v) is 10.1. The Kier molecular flexibility index (Phi) is 10.1. The molecule has 0 spiro atoms. The summed E-state index contributed by atoms with van der Waals surface area (Å²) in [6.45, 7) is 5.60. The predicted molar refractivity (Wildman–Crippen MR) is 180 cm³/mol. The Morgan fingerprint density at radius 2 is 1.60 bits per heavy atom. The lowest BCUT2D eigenvalue weighted by atomic mass is 9.89. The lowest BCUT2D eigenvalue weighted by molar-refractivity contribution is 0.0144. The molecule has 0 unspecified atom stereocenters. The fourth-order valence-electron chi connectivity index (χ4n) is 5.98. The van der Waals surface area contributed by atoms with Crippen molar-refractivity contribution >= 4 is 45.0 Å². The van der Waals surface area contributed by atoms with E-state index in [2.05, 4.69) is 6.07 Å². The number of methoxy groups -OCH3 is 1. The molecule has 1 aliphatic rings. The molecule has 0 aliphatic heterocycles. The largest absolute Gasteiger partial charge is 0.496 e. The van der Waals surface area contributed by atoms with Gasteiger partial charge in [-0.2, -0.15) is 5.26 Å². The van der Waals surface area contributed by atoms with Crippen molar-refractivity contribution in [2.75, 3.05) is 14.2 Å². The van der Waals surface area contributed by atoms with Crippen LogP contribution in [0, 0.1) is 23.0 Å². The molecular formula is C36H36ClF2N3O4S. The van der Waals surface area contributed by atoms with Crippen LogP contribution in [-0.2, 0) is 11.3 Å². The predicted octanol–water partition coefficient (Wildman–Crippen LogP) is 9.20. The number of fused-ring (bicyclic) bond motifs is 1. The number of nitriles is 1. The summed E-state index contributed by atoms with van der Waals surface area (Å²) >= 11 is 7.45. The lowest BCUT2D eigenvalue weighted by Crippen LogP contribution is -2.47. The quantitative estimate of drug-likeness (QED) is 0.195. The van der Waals surface area contributed by atoms with Crippen LogP contribution in [0.2, 0.25) is 5.02 Å². The minimum atomic E-state index is -0.698. The molecule has 0 bridgehead atoms. The van der Waals surface area contributed by atoms with Gasteiger partial charge in [0.25, 0.3) is 5.91 Å². The maximum Gasteiger partial charge on any atom is 0.410 e. The maximum absolute atomic E-state index is 14.8. The number of thiophene rings is 1. The Hall–Kier alpha value is -4.20. The molecule has 1 aliphatic carbocycles. The molecule has 2 amide bonds. The normalized spacial score (nSPS) is 16.4. The smallest absolute Gasteiger partial charge is 0.410 e. The second kappa shape index (κ2) is 13.9. The molecule has 1 saturated carbocycles. The molecule has 0 N–H and O–H groups in total. The third-order valence-electron chi connectivity index (χ3n) is 8.44. The number of ether oxygens (including phenoxy) is 2. The first kappa shape index (κ1) is 34.1. The van der Waals surface area contributed by atoms with Gasteiger partial charge in [0.05, 0.1) is 33.9 Å². The maximum atomic E-state index is 14.8. The Balaban J connectivity index is 1.49. The second-order valence-corrected chi connectivity index (χ2v) is 14.1. The van der Waals surface area contributed by atoms with Gasteiger partial charge in [0.1, 0.15) is 27.9 Å². The van der Waals surface area contributed by atoms with E-state index in [1.165, 1.54) is 0 Å². The highest BCUT2D eigenvalue weighted by Crippen LogP contribution is 2.41. The van der Waals surface area contributed by atoms with Crippen molar-refractivity contribution in [2.24, 2.45) is 0 Å². The molecular weight excluding hydrogens is 644 g/mol. The number of amides is 2. The molecule has 7 nitrogen and oxygen atoms in total. The fourth-order valence-corrected chi connectivity index (χ4v) is 7.48. The lowest BCUT2D eigenvalue weighted by Gasteiger charge is -2.40. The Bertz CT molecular complexity index is 1840. The molecule has 0 saturated heterocycles. The van der Waals surface area contributed by atoms with Gasteiger partial charge < -0.3 is 19.3 Å². The first-order valence-corrected chi connectivity index (χ1v) is 16.5. The van der Waals surface area contributed by atoms with E-state index < -0.39 is 29.2 Å². The number of rotatable bonds is 7. The molecule has 1 fully saturated rings. The van der Waals surface area contributed by atoms with Gasteiger partial charge in [-0.15, -0.1) is 11.3 Å². The molecule has 246 valence electrons. The van der Waals surface area contributed by atoms with Gasteiger partial charge in [-0.3, -0.25) is 4.79 Å². The van der Waals surface area contributed by atoms with Crippen molar-refractivity contribution in [3.05, 3.63) is 87.3 Å². The van der Waals surface area contributed by atoms with Crippen LogP contribution >= 0.6 is 22.9 Å².